The first-order valence-electron chi connectivity index (χ1n) is 8.24. The number of carbonyl (C=O) groups excluding carboxylic acids is 3. The van der Waals surface area contributed by atoms with E-state index in [2.05, 4.69) is 0 Å². The first kappa shape index (κ1) is 18.9. The summed E-state index contributed by atoms with van der Waals surface area (Å²) in [5, 5.41) is 0. The third-order valence-electron chi connectivity index (χ3n) is 4.35. The molecule has 0 spiro atoms. The maximum Gasteiger partial charge on any atom is 0.409 e. The summed E-state index contributed by atoms with van der Waals surface area (Å²) in [5.41, 5.74) is 0.723. The Kier molecular flexibility index (Phi) is 6.50. The van der Waals surface area contributed by atoms with E-state index in [0.717, 1.165) is 5.56 Å². The Bertz CT molecular complexity index is 631. The van der Waals surface area contributed by atoms with Crippen LogP contribution < -0.4 is 0 Å². The van der Waals surface area contributed by atoms with Crippen molar-refractivity contribution in [2.45, 2.75) is 32.2 Å². The first-order chi connectivity index (χ1) is 12.0. The normalized spacial score (nSPS) is 20.0. The van der Waals surface area contributed by atoms with Gasteiger partial charge < -0.3 is 14.4 Å². The van der Waals surface area contributed by atoms with Gasteiger partial charge in [0.05, 0.1) is 19.8 Å². The van der Waals surface area contributed by atoms with Gasteiger partial charge in [-0.05, 0) is 37.5 Å². The summed E-state index contributed by atoms with van der Waals surface area (Å²) in [4.78, 5) is 37.5. The van der Waals surface area contributed by atoms with Crippen molar-refractivity contribution in [1.82, 2.24) is 4.90 Å². The molecule has 1 aromatic rings. The van der Waals surface area contributed by atoms with Gasteiger partial charge in [-0.1, -0.05) is 12.1 Å². The summed E-state index contributed by atoms with van der Waals surface area (Å²) in [6.07, 6.45) is 0.0438. The molecule has 0 radical (unpaired) electrons. The molecular weight excluding hydrogens is 329 g/mol. The zero-order valence-corrected chi connectivity index (χ0v) is 14.4. The monoisotopic (exact) mass is 351 g/mol. The molecule has 0 bridgehead atoms. The third-order valence-corrected chi connectivity index (χ3v) is 4.35. The fourth-order valence-electron chi connectivity index (χ4n) is 3.09. The Morgan fingerprint density at radius 3 is 2.52 bits per heavy atom. The zero-order chi connectivity index (χ0) is 18.4. The van der Waals surface area contributed by atoms with Crippen molar-refractivity contribution in [2.24, 2.45) is 5.92 Å². The number of hydrogen-bond acceptors (Lipinski definition) is 5. The summed E-state index contributed by atoms with van der Waals surface area (Å²) >= 11 is 0. The minimum Gasteiger partial charge on any atom is -0.466 e. The SMILES string of the molecule is CCOC(=O)CC(=O)[C@H]1CCN(C(=O)OC)[C@@H](c2ccc(F)cc2)C1. The molecule has 0 N–H and O–H groups in total. The van der Waals surface area contributed by atoms with Gasteiger partial charge in [0.25, 0.3) is 0 Å². The van der Waals surface area contributed by atoms with Crippen LogP contribution >= 0.6 is 0 Å². The molecule has 136 valence electrons. The number of ether oxygens (including phenoxy) is 2. The number of carbonyl (C=O) groups is 3. The third kappa shape index (κ3) is 4.78. The minimum absolute atomic E-state index is 0.199. The predicted octanol–water partition coefficient (Wildman–Crippen LogP) is 2.87. The van der Waals surface area contributed by atoms with E-state index in [-0.39, 0.29) is 30.5 Å². The quantitative estimate of drug-likeness (QED) is 0.602. The molecule has 1 amide bonds. The molecule has 0 saturated carbocycles. The Hall–Kier alpha value is -2.44. The molecule has 6 nitrogen and oxygen atoms in total. The lowest BCUT2D eigenvalue weighted by molar-refractivity contribution is -0.146. The molecule has 2 rings (SSSR count). The van der Waals surface area contributed by atoms with E-state index >= 15 is 0 Å². The highest BCUT2D eigenvalue weighted by Crippen LogP contribution is 2.35. The summed E-state index contributed by atoms with van der Waals surface area (Å²) in [6, 6.07) is 5.41. The number of rotatable bonds is 5. The van der Waals surface area contributed by atoms with Crippen molar-refractivity contribution >= 4 is 17.8 Å². The van der Waals surface area contributed by atoms with Crippen LogP contribution in [0.4, 0.5) is 9.18 Å². The standard InChI is InChI=1S/C18H22FNO5/c1-3-25-17(22)11-16(21)13-8-9-20(18(23)24-2)15(10-13)12-4-6-14(19)7-5-12/h4-7,13,15H,3,8-11H2,1-2H3/t13-,15+/m0/s1. The fourth-order valence-corrected chi connectivity index (χ4v) is 3.09. The van der Waals surface area contributed by atoms with Crippen LogP contribution in [-0.4, -0.2) is 43.0 Å². The average Bonchev–Trinajstić information content (AvgIpc) is 2.61. The maximum absolute atomic E-state index is 13.2. The lowest BCUT2D eigenvalue weighted by atomic mass is 9.84. The minimum atomic E-state index is -0.541. The zero-order valence-electron chi connectivity index (χ0n) is 14.4. The van der Waals surface area contributed by atoms with Crippen LogP contribution in [-0.2, 0) is 19.1 Å². The number of nitrogens with zero attached hydrogens (tertiary/aromatic N) is 1. The van der Waals surface area contributed by atoms with Crippen LogP contribution in [0, 0.1) is 11.7 Å². The van der Waals surface area contributed by atoms with Crippen molar-refractivity contribution in [3.05, 3.63) is 35.6 Å². The molecule has 0 aromatic heterocycles. The lowest BCUT2D eigenvalue weighted by Gasteiger charge is -2.38. The average molecular weight is 351 g/mol. The number of ketones is 1. The van der Waals surface area contributed by atoms with Gasteiger partial charge in [-0.15, -0.1) is 0 Å². The van der Waals surface area contributed by atoms with Crippen molar-refractivity contribution < 1.29 is 28.2 Å². The predicted molar refractivity (Wildman–Crippen MR) is 87.2 cm³/mol. The van der Waals surface area contributed by atoms with Crippen molar-refractivity contribution in [1.29, 1.82) is 0 Å². The molecule has 7 heteroatoms. The number of benzene rings is 1. The Balaban J connectivity index is 2.15. The number of hydrogen-bond donors (Lipinski definition) is 0. The van der Waals surface area contributed by atoms with Gasteiger partial charge in [0, 0.05) is 12.5 Å². The highest BCUT2D eigenvalue weighted by atomic mass is 19.1. The molecule has 0 unspecified atom stereocenters. The van der Waals surface area contributed by atoms with Gasteiger partial charge >= 0.3 is 12.1 Å². The number of Topliss-reactive ketones (excluding diaryl/α,β-unsaturated/α-hetero) is 1. The summed E-state index contributed by atoms with van der Waals surface area (Å²) in [5.74, 6) is -1.48. The lowest BCUT2D eigenvalue weighted by Crippen LogP contribution is -2.42. The first-order valence-corrected chi connectivity index (χ1v) is 8.24. The summed E-state index contributed by atoms with van der Waals surface area (Å²) < 4.78 is 22.8. The van der Waals surface area contributed by atoms with Crippen molar-refractivity contribution in [3.63, 3.8) is 0 Å². The molecule has 1 saturated heterocycles. The van der Waals surface area contributed by atoms with Crippen LogP contribution in [0.3, 0.4) is 0 Å². The van der Waals surface area contributed by atoms with E-state index in [1.807, 2.05) is 0 Å². The van der Waals surface area contributed by atoms with Crippen LogP contribution in [0.25, 0.3) is 0 Å². The van der Waals surface area contributed by atoms with Crippen LogP contribution in [0.2, 0.25) is 0 Å². The van der Waals surface area contributed by atoms with E-state index in [9.17, 15) is 18.8 Å². The number of methoxy groups -OCH3 is 1. The summed E-state index contributed by atoms with van der Waals surface area (Å²) in [6.45, 7) is 2.24. The summed E-state index contributed by atoms with van der Waals surface area (Å²) in [7, 11) is 1.29. The van der Waals surface area contributed by atoms with Crippen LogP contribution in [0.1, 0.15) is 37.8 Å². The van der Waals surface area contributed by atoms with E-state index in [4.69, 9.17) is 9.47 Å². The van der Waals surface area contributed by atoms with Gasteiger partial charge in [-0.2, -0.15) is 0 Å². The van der Waals surface area contributed by atoms with Gasteiger partial charge in [0.15, 0.2) is 0 Å². The topological polar surface area (TPSA) is 72.9 Å². The van der Waals surface area contributed by atoms with E-state index in [1.165, 1.54) is 24.1 Å². The van der Waals surface area contributed by atoms with E-state index in [1.54, 1.807) is 19.1 Å². The van der Waals surface area contributed by atoms with Crippen molar-refractivity contribution in [3.8, 4) is 0 Å². The number of halogens is 1. The second-order valence-electron chi connectivity index (χ2n) is 5.90. The fraction of sp³-hybridized carbons (Fsp3) is 0.500. The smallest absolute Gasteiger partial charge is 0.409 e. The number of esters is 1. The highest BCUT2D eigenvalue weighted by Gasteiger charge is 2.36. The van der Waals surface area contributed by atoms with E-state index < -0.39 is 18.1 Å². The Morgan fingerprint density at radius 2 is 1.92 bits per heavy atom. The molecule has 1 aliphatic rings. The molecular formula is C18H22FNO5. The van der Waals surface area contributed by atoms with Gasteiger partial charge in [0.1, 0.15) is 18.0 Å². The number of likely N-dealkylation sites (tertiary alicyclic amines) is 1. The van der Waals surface area contributed by atoms with Crippen LogP contribution in [0.5, 0.6) is 0 Å². The molecule has 1 aromatic carbocycles. The van der Waals surface area contributed by atoms with Crippen molar-refractivity contribution in [2.75, 3.05) is 20.3 Å². The molecule has 2 atom stereocenters. The highest BCUT2D eigenvalue weighted by molar-refractivity contribution is 5.96. The molecule has 25 heavy (non-hydrogen) atoms. The Morgan fingerprint density at radius 1 is 1.24 bits per heavy atom. The second-order valence-corrected chi connectivity index (χ2v) is 5.90. The second kappa shape index (κ2) is 8.60. The van der Waals surface area contributed by atoms with Gasteiger partial charge in [-0.25, -0.2) is 9.18 Å². The largest absolute Gasteiger partial charge is 0.466 e. The Labute approximate surface area is 145 Å². The van der Waals surface area contributed by atoms with Gasteiger partial charge in [0.2, 0.25) is 0 Å². The molecule has 1 aliphatic heterocycles. The molecule has 1 fully saturated rings. The number of piperidine rings is 1. The van der Waals surface area contributed by atoms with Gasteiger partial charge in [-0.3, -0.25) is 9.59 Å². The number of amides is 1. The van der Waals surface area contributed by atoms with E-state index in [0.29, 0.717) is 19.4 Å². The molecule has 1 heterocycles. The maximum atomic E-state index is 13.2. The van der Waals surface area contributed by atoms with Crippen LogP contribution in [0.15, 0.2) is 24.3 Å². The molecule has 0 aliphatic carbocycles.